The lowest BCUT2D eigenvalue weighted by molar-refractivity contribution is -0.277. The standard InChI is InChI=1S/C20H22O11S/c21-10-16-17(23)18(24)19(25)20(30-16)29-14-7-12(8-15(9-14)31-32(26,27)28)2-1-11-3-5-13(22)6-4-11/h1-9,16-25H,10H2,(H,26,27,28)/p-1/b2-1+/t16-,17-,18+,19-,20-/m1/s1. The van der Waals surface area contributed by atoms with Crippen LogP contribution in [0.15, 0.2) is 42.5 Å². The number of phenols is 1. The van der Waals surface area contributed by atoms with Gasteiger partial charge in [0, 0.05) is 6.07 Å². The van der Waals surface area contributed by atoms with Crippen LogP contribution in [0.5, 0.6) is 17.2 Å². The molecule has 1 heterocycles. The minimum atomic E-state index is -5.10. The third-order valence-electron chi connectivity index (χ3n) is 4.56. The Morgan fingerprint density at radius 2 is 1.56 bits per heavy atom. The second-order valence-electron chi connectivity index (χ2n) is 6.97. The van der Waals surface area contributed by atoms with Gasteiger partial charge in [-0.1, -0.05) is 24.3 Å². The van der Waals surface area contributed by atoms with E-state index in [2.05, 4.69) is 4.18 Å². The Hall–Kier alpha value is -2.71. The molecule has 3 rings (SSSR count). The number of hydrogen-bond acceptors (Lipinski definition) is 11. The summed E-state index contributed by atoms with van der Waals surface area (Å²) < 4.78 is 48.2. The van der Waals surface area contributed by atoms with Gasteiger partial charge in [-0.15, -0.1) is 0 Å². The Morgan fingerprint density at radius 1 is 0.938 bits per heavy atom. The SMILES string of the molecule is O=S(=O)([O-])Oc1cc(/C=C/c2ccc(O)cc2)cc(O[C@@H]2O[C@H](CO)[C@@H](O)[C@H](O)[C@H]2O)c1. The second-order valence-corrected chi connectivity index (χ2v) is 7.95. The lowest BCUT2D eigenvalue weighted by atomic mass is 9.99. The van der Waals surface area contributed by atoms with Gasteiger partial charge in [-0.3, -0.25) is 0 Å². The number of benzene rings is 2. The molecule has 0 amide bonds. The third-order valence-corrected chi connectivity index (χ3v) is 4.96. The summed E-state index contributed by atoms with van der Waals surface area (Å²) >= 11 is 0. The summed E-state index contributed by atoms with van der Waals surface area (Å²) in [4.78, 5) is 0. The lowest BCUT2D eigenvalue weighted by Crippen LogP contribution is -2.60. The molecule has 0 bridgehead atoms. The number of aliphatic hydroxyl groups excluding tert-OH is 4. The lowest BCUT2D eigenvalue weighted by Gasteiger charge is -2.39. The molecule has 1 aliphatic rings. The summed E-state index contributed by atoms with van der Waals surface area (Å²) in [6.45, 7) is -0.664. The fourth-order valence-electron chi connectivity index (χ4n) is 3.00. The summed E-state index contributed by atoms with van der Waals surface area (Å²) in [7, 11) is -5.10. The molecule has 12 heteroatoms. The topological polar surface area (TPSA) is 186 Å². The van der Waals surface area contributed by atoms with Gasteiger partial charge < -0.3 is 43.7 Å². The van der Waals surface area contributed by atoms with Crippen molar-refractivity contribution in [2.75, 3.05) is 6.61 Å². The molecule has 174 valence electrons. The van der Waals surface area contributed by atoms with E-state index >= 15 is 0 Å². The van der Waals surface area contributed by atoms with Crippen LogP contribution in [0.3, 0.4) is 0 Å². The molecule has 2 aromatic rings. The van der Waals surface area contributed by atoms with Gasteiger partial charge in [0.2, 0.25) is 6.29 Å². The zero-order chi connectivity index (χ0) is 23.5. The van der Waals surface area contributed by atoms with E-state index in [4.69, 9.17) is 9.47 Å². The molecule has 1 saturated heterocycles. The molecule has 5 N–H and O–H groups in total. The molecule has 1 aliphatic heterocycles. The van der Waals surface area contributed by atoms with Gasteiger partial charge >= 0.3 is 0 Å². The molecule has 2 aromatic carbocycles. The van der Waals surface area contributed by atoms with Crippen molar-refractivity contribution in [1.82, 2.24) is 0 Å². The Morgan fingerprint density at radius 3 is 2.19 bits per heavy atom. The molecule has 0 spiro atoms. The maximum absolute atomic E-state index is 11.0. The van der Waals surface area contributed by atoms with E-state index in [-0.39, 0.29) is 17.2 Å². The Balaban J connectivity index is 1.89. The number of hydrogen-bond donors (Lipinski definition) is 5. The minimum absolute atomic E-state index is 0.0772. The van der Waals surface area contributed by atoms with Crippen LogP contribution in [0, 0.1) is 0 Å². The zero-order valence-electron chi connectivity index (χ0n) is 16.4. The van der Waals surface area contributed by atoms with E-state index in [0.29, 0.717) is 11.1 Å². The molecule has 11 nitrogen and oxygen atoms in total. The summed E-state index contributed by atoms with van der Waals surface area (Å²) in [5.74, 6) is -0.401. The van der Waals surface area contributed by atoms with Crippen molar-refractivity contribution in [3.63, 3.8) is 0 Å². The smallest absolute Gasteiger partial charge is 0.262 e. The predicted molar refractivity (Wildman–Crippen MR) is 108 cm³/mol. The van der Waals surface area contributed by atoms with Crippen LogP contribution in [0.2, 0.25) is 0 Å². The van der Waals surface area contributed by atoms with Gasteiger partial charge in [-0.25, -0.2) is 8.42 Å². The van der Waals surface area contributed by atoms with Gasteiger partial charge in [0.25, 0.3) is 10.4 Å². The Bertz CT molecular complexity index is 1050. The van der Waals surface area contributed by atoms with Gasteiger partial charge in [-0.05, 0) is 35.4 Å². The first-order chi connectivity index (χ1) is 15.1. The molecule has 0 unspecified atom stereocenters. The first kappa shape index (κ1) is 23.9. The highest BCUT2D eigenvalue weighted by Gasteiger charge is 2.44. The van der Waals surface area contributed by atoms with Crippen molar-refractivity contribution in [3.05, 3.63) is 53.6 Å². The number of aromatic hydroxyl groups is 1. The highest BCUT2D eigenvalue weighted by Crippen LogP contribution is 2.29. The highest BCUT2D eigenvalue weighted by atomic mass is 32.3. The number of rotatable bonds is 7. The normalized spacial score (nSPS) is 26.2. The van der Waals surface area contributed by atoms with Crippen molar-refractivity contribution >= 4 is 22.6 Å². The van der Waals surface area contributed by atoms with E-state index in [1.807, 2.05) is 0 Å². The van der Waals surface area contributed by atoms with Crippen LogP contribution >= 0.6 is 0 Å². The number of ether oxygens (including phenoxy) is 2. The average molecular weight is 469 g/mol. The highest BCUT2D eigenvalue weighted by molar-refractivity contribution is 7.81. The van der Waals surface area contributed by atoms with Crippen LogP contribution in [-0.2, 0) is 15.1 Å². The second kappa shape index (κ2) is 9.83. The monoisotopic (exact) mass is 469 g/mol. The maximum Gasteiger partial charge on any atom is 0.262 e. The number of phenolic OH excluding ortho intramolecular Hbond substituents is 1. The quantitative estimate of drug-likeness (QED) is 0.201. The molecular formula is C20H21O11S-. The van der Waals surface area contributed by atoms with Gasteiger partial charge in [0.1, 0.15) is 41.7 Å². The van der Waals surface area contributed by atoms with E-state index in [1.54, 1.807) is 18.2 Å². The maximum atomic E-state index is 11.0. The molecule has 1 fully saturated rings. The van der Waals surface area contributed by atoms with Crippen LogP contribution < -0.4 is 8.92 Å². The van der Waals surface area contributed by atoms with Crippen molar-refractivity contribution in [2.24, 2.45) is 0 Å². The molecule has 0 radical (unpaired) electrons. The largest absolute Gasteiger partial charge is 0.716 e. The van der Waals surface area contributed by atoms with Crippen molar-refractivity contribution in [1.29, 1.82) is 0 Å². The first-order valence-electron chi connectivity index (χ1n) is 9.30. The summed E-state index contributed by atoms with van der Waals surface area (Å²) in [5.41, 5.74) is 1.03. The molecule has 32 heavy (non-hydrogen) atoms. The van der Waals surface area contributed by atoms with Gasteiger partial charge in [-0.2, -0.15) is 0 Å². The Labute approximate surface area is 183 Å². The fourth-order valence-corrected chi connectivity index (χ4v) is 3.33. The predicted octanol–water partition coefficient (Wildman–Crippen LogP) is -0.420. The van der Waals surface area contributed by atoms with E-state index < -0.39 is 47.7 Å². The van der Waals surface area contributed by atoms with E-state index in [0.717, 1.165) is 6.07 Å². The summed E-state index contributed by atoms with van der Waals surface area (Å²) in [6, 6.07) is 9.89. The molecule has 0 aromatic heterocycles. The average Bonchev–Trinajstić information content (AvgIpc) is 2.72. The molecular weight excluding hydrogens is 448 g/mol. The summed E-state index contributed by atoms with van der Waals surface area (Å²) in [6.07, 6.45) is -4.54. The van der Waals surface area contributed by atoms with Crippen LogP contribution in [0.4, 0.5) is 0 Å². The van der Waals surface area contributed by atoms with Crippen molar-refractivity contribution in [2.45, 2.75) is 30.7 Å². The van der Waals surface area contributed by atoms with Crippen LogP contribution in [0.1, 0.15) is 11.1 Å². The summed E-state index contributed by atoms with van der Waals surface area (Å²) in [5, 5.41) is 48.5. The van der Waals surface area contributed by atoms with Crippen LogP contribution in [-0.4, -0.2) is 75.8 Å². The van der Waals surface area contributed by atoms with Gasteiger partial charge in [0.05, 0.1) is 6.61 Å². The van der Waals surface area contributed by atoms with Crippen molar-refractivity contribution < 1.29 is 52.2 Å². The molecule has 5 atom stereocenters. The Kier molecular flexibility index (Phi) is 7.36. The number of aliphatic hydroxyl groups is 4. The minimum Gasteiger partial charge on any atom is -0.716 e. The molecule has 0 aliphatic carbocycles. The van der Waals surface area contributed by atoms with Crippen LogP contribution in [0.25, 0.3) is 12.2 Å². The first-order valence-corrected chi connectivity index (χ1v) is 10.6. The van der Waals surface area contributed by atoms with E-state index in [9.17, 15) is 38.5 Å². The zero-order valence-corrected chi connectivity index (χ0v) is 17.2. The van der Waals surface area contributed by atoms with Gasteiger partial charge in [0.15, 0.2) is 0 Å². The van der Waals surface area contributed by atoms with E-state index in [1.165, 1.54) is 30.3 Å². The fraction of sp³-hybridized carbons (Fsp3) is 0.300. The molecule has 0 saturated carbocycles. The third kappa shape index (κ3) is 6.17. The van der Waals surface area contributed by atoms with Crippen molar-refractivity contribution in [3.8, 4) is 17.2 Å².